The van der Waals surface area contributed by atoms with Crippen molar-refractivity contribution in [1.29, 1.82) is 0 Å². The molecule has 0 radical (unpaired) electrons. The third-order valence-corrected chi connectivity index (χ3v) is 7.49. The average molecular weight is 365 g/mol. The summed E-state index contributed by atoms with van der Waals surface area (Å²) >= 11 is 2.13. The van der Waals surface area contributed by atoms with Crippen LogP contribution in [-0.4, -0.2) is 26.3 Å². The van der Waals surface area contributed by atoms with Gasteiger partial charge in [0.15, 0.2) is 0 Å². The fourth-order valence-electron chi connectivity index (χ4n) is 2.17. The summed E-state index contributed by atoms with van der Waals surface area (Å²) in [5.41, 5.74) is 1.66. The van der Waals surface area contributed by atoms with Crippen LogP contribution in [0.1, 0.15) is 30.2 Å². The van der Waals surface area contributed by atoms with Crippen molar-refractivity contribution in [2.45, 2.75) is 30.0 Å². The van der Waals surface area contributed by atoms with Crippen molar-refractivity contribution in [1.82, 2.24) is 0 Å². The van der Waals surface area contributed by atoms with E-state index < -0.39 is 5.60 Å². The predicted molar refractivity (Wildman–Crippen MR) is 94.6 cm³/mol. The molecule has 0 saturated carbocycles. The molecule has 0 aliphatic rings. The molecular weight excluding hydrogens is 343 g/mol. The van der Waals surface area contributed by atoms with Gasteiger partial charge in [-0.15, -0.1) is 0 Å². The minimum atomic E-state index is -0.753. The van der Waals surface area contributed by atoms with E-state index in [1.54, 1.807) is 0 Å². The molecule has 2 atom stereocenters. The second-order valence-corrected chi connectivity index (χ2v) is 8.66. The zero-order valence-corrected chi connectivity index (χ0v) is 15.3. The number of benzene rings is 2. The summed E-state index contributed by atoms with van der Waals surface area (Å²) in [4.78, 5) is 0. The van der Waals surface area contributed by atoms with Crippen molar-refractivity contribution in [3.63, 3.8) is 0 Å². The van der Waals surface area contributed by atoms with Crippen LogP contribution in [0.15, 0.2) is 54.6 Å². The van der Waals surface area contributed by atoms with Crippen LogP contribution in [-0.2, 0) is 5.60 Å². The molecule has 0 fully saturated rings. The molecule has 1 N–H and O–H groups in total. The number of hydrogen-bond acceptors (Lipinski definition) is 2. The van der Waals surface area contributed by atoms with Gasteiger partial charge in [-0.1, -0.05) is 0 Å². The molecule has 1 unspecified atom stereocenters. The van der Waals surface area contributed by atoms with Crippen LogP contribution in [0.5, 0.6) is 0 Å². The minimum absolute atomic E-state index is 0.264. The molecule has 0 spiro atoms. The second kappa shape index (κ2) is 7.51. The van der Waals surface area contributed by atoms with Crippen molar-refractivity contribution in [2.24, 2.45) is 0 Å². The summed E-state index contributed by atoms with van der Waals surface area (Å²) in [7, 11) is 0. The molecule has 0 amide bonds. The van der Waals surface area contributed by atoms with E-state index in [0.29, 0.717) is 5.25 Å². The summed E-state index contributed by atoms with van der Waals surface area (Å²) in [5.74, 6) is 0. The third kappa shape index (κ3) is 4.37. The molecule has 0 bridgehead atoms. The Labute approximate surface area is 138 Å². The van der Waals surface area contributed by atoms with Crippen molar-refractivity contribution in [3.05, 3.63) is 65.7 Å². The molecule has 0 aromatic heterocycles. The van der Waals surface area contributed by atoms with Crippen LogP contribution in [0.3, 0.4) is 0 Å². The molecule has 0 heterocycles. The first kappa shape index (κ1) is 16.6. The Morgan fingerprint density at radius 3 is 2.38 bits per heavy atom. The van der Waals surface area contributed by atoms with Gasteiger partial charge in [0, 0.05) is 0 Å². The van der Waals surface area contributed by atoms with E-state index in [1.165, 1.54) is 10.0 Å². The Balaban J connectivity index is 2.13. The number of rotatable bonds is 6. The molecule has 2 aromatic carbocycles. The average Bonchev–Trinajstić information content (AvgIpc) is 2.53. The Morgan fingerprint density at radius 1 is 1.10 bits per heavy atom. The van der Waals surface area contributed by atoms with Gasteiger partial charge in [0.2, 0.25) is 0 Å². The molecule has 0 aliphatic carbocycles. The van der Waals surface area contributed by atoms with E-state index in [4.69, 9.17) is 0 Å². The van der Waals surface area contributed by atoms with Gasteiger partial charge in [0.1, 0.15) is 0 Å². The predicted octanol–water partition coefficient (Wildman–Crippen LogP) is 3.77. The molecule has 112 valence electrons. The maximum atomic E-state index is 10.7. The third-order valence-electron chi connectivity index (χ3n) is 3.61. The molecule has 2 aromatic rings. The molecule has 21 heavy (non-hydrogen) atoms. The van der Waals surface area contributed by atoms with E-state index >= 15 is 0 Å². The molecule has 0 saturated heterocycles. The van der Waals surface area contributed by atoms with Crippen LogP contribution in [0.4, 0.5) is 0 Å². The first-order valence-corrected chi connectivity index (χ1v) is 10.4. The Kier molecular flexibility index (Phi) is 5.95. The molecule has 1 nitrogen and oxygen atoms in total. The standard InChI is InChI=1S/C18H22OSSe/c1-14(20-3)16-11-7-8-12-17(16)21-13-18(2,19)15-9-5-4-6-10-15/h4-12,14,19H,13H2,1-3H3/t14-,18?/m0/s1. The second-order valence-electron chi connectivity index (χ2n) is 5.34. The monoisotopic (exact) mass is 366 g/mol. The summed E-state index contributed by atoms with van der Waals surface area (Å²) in [6.07, 6.45) is 2.15. The Hall–Kier alpha value is -0.731. The van der Waals surface area contributed by atoms with Crippen molar-refractivity contribution < 1.29 is 5.11 Å². The van der Waals surface area contributed by atoms with Crippen molar-refractivity contribution in [3.8, 4) is 0 Å². The van der Waals surface area contributed by atoms with Gasteiger partial charge >= 0.3 is 138 Å². The summed E-state index contributed by atoms with van der Waals surface area (Å²) < 4.78 is 1.41. The van der Waals surface area contributed by atoms with E-state index in [1.807, 2.05) is 49.0 Å². The number of aliphatic hydroxyl groups is 1. The van der Waals surface area contributed by atoms with Gasteiger partial charge in [-0.05, 0) is 0 Å². The number of thioether (sulfide) groups is 1. The summed E-state index contributed by atoms with van der Waals surface area (Å²) in [6.45, 7) is 4.17. The van der Waals surface area contributed by atoms with Gasteiger partial charge < -0.3 is 0 Å². The fraction of sp³-hybridized carbons (Fsp3) is 0.333. The summed E-state index contributed by atoms with van der Waals surface area (Å²) in [6, 6.07) is 18.6. The quantitative estimate of drug-likeness (QED) is 0.787. The van der Waals surface area contributed by atoms with Gasteiger partial charge in [-0.25, -0.2) is 0 Å². The van der Waals surface area contributed by atoms with E-state index in [9.17, 15) is 5.11 Å². The Morgan fingerprint density at radius 2 is 1.71 bits per heavy atom. The maximum absolute atomic E-state index is 10.7. The van der Waals surface area contributed by atoms with E-state index in [0.717, 1.165) is 10.9 Å². The van der Waals surface area contributed by atoms with Gasteiger partial charge in [-0.2, -0.15) is 0 Å². The topological polar surface area (TPSA) is 20.2 Å². The first-order chi connectivity index (χ1) is 10.0. The van der Waals surface area contributed by atoms with Crippen LogP contribution in [0, 0.1) is 0 Å². The molecule has 0 aliphatic heterocycles. The molecule has 3 heteroatoms. The van der Waals surface area contributed by atoms with Crippen LogP contribution in [0.2, 0.25) is 5.32 Å². The van der Waals surface area contributed by atoms with Crippen molar-refractivity contribution >= 4 is 31.2 Å². The van der Waals surface area contributed by atoms with Crippen molar-refractivity contribution in [2.75, 3.05) is 6.26 Å². The van der Waals surface area contributed by atoms with Gasteiger partial charge in [0.25, 0.3) is 0 Å². The van der Waals surface area contributed by atoms with E-state index in [-0.39, 0.29) is 15.0 Å². The van der Waals surface area contributed by atoms with E-state index in [2.05, 4.69) is 37.4 Å². The van der Waals surface area contributed by atoms with Crippen LogP contribution in [0.25, 0.3) is 0 Å². The van der Waals surface area contributed by atoms with Gasteiger partial charge in [-0.3, -0.25) is 0 Å². The normalized spacial score (nSPS) is 15.4. The summed E-state index contributed by atoms with van der Waals surface area (Å²) in [5, 5.41) is 12.0. The zero-order chi connectivity index (χ0) is 15.3. The Bertz CT molecular complexity index is 568. The van der Waals surface area contributed by atoms with Crippen LogP contribution >= 0.6 is 11.8 Å². The molecular formula is C18H22OSSe. The SMILES string of the molecule is CS[C@@H](C)c1ccccc1[Se]CC(C)(O)c1ccccc1. The first-order valence-electron chi connectivity index (χ1n) is 7.07. The number of hydrogen-bond donors (Lipinski definition) is 1. The fourth-order valence-corrected chi connectivity index (χ4v) is 5.30. The zero-order valence-electron chi connectivity index (χ0n) is 12.7. The molecule has 2 rings (SSSR count). The van der Waals surface area contributed by atoms with Crippen LogP contribution < -0.4 is 4.46 Å². The van der Waals surface area contributed by atoms with Gasteiger partial charge in [0.05, 0.1) is 0 Å².